The molecule has 1 fully saturated rings. The lowest BCUT2D eigenvalue weighted by atomic mass is 10.1. The molecule has 1 aromatic rings. The van der Waals surface area contributed by atoms with Crippen LogP contribution in [-0.2, 0) is 0 Å². The van der Waals surface area contributed by atoms with E-state index in [1.807, 2.05) is 6.92 Å². The highest BCUT2D eigenvalue weighted by Gasteiger charge is 2.48. The molecule has 1 aromatic heterocycles. The highest BCUT2D eigenvalue weighted by molar-refractivity contribution is 6.20. The second kappa shape index (κ2) is 2.71. The Morgan fingerprint density at radius 2 is 2.23 bits per heavy atom. The molecule has 1 aliphatic carbocycles. The van der Waals surface area contributed by atoms with Crippen molar-refractivity contribution in [1.29, 1.82) is 0 Å². The number of alkyl halides is 1. The third-order valence-corrected chi connectivity index (χ3v) is 2.91. The van der Waals surface area contributed by atoms with Gasteiger partial charge in [0.25, 0.3) is 0 Å². The van der Waals surface area contributed by atoms with Crippen LogP contribution >= 0.6 is 11.6 Å². The number of aromatic nitrogens is 3. The normalized spacial score (nSPS) is 27.2. The van der Waals surface area contributed by atoms with Crippen LogP contribution in [-0.4, -0.2) is 15.2 Å². The minimum absolute atomic E-state index is 0.105. The quantitative estimate of drug-likeness (QED) is 0.744. The minimum Gasteiger partial charge on any atom is -0.263 e. The van der Waals surface area contributed by atoms with Gasteiger partial charge in [0.15, 0.2) is 5.82 Å². The summed E-state index contributed by atoms with van der Waals surface area (Å²) < 4.78 is 0. The molecule has 0 aromatic carbocycles. The molecular formula is C9H14ClN3. The van der Waals surface area contributed by atoms with E-state index in [0.717, 1.165) is 5.82 Å². The van der Waals surface area contributed by atoms with Gasteiger partial charge in [0.1, 0.15) is 5.82 Å². The third kappa shape index (κ3) is 1.57. The van der Waals surface area contributed by atoms with Gasteiger partial charge in [0.2, 0.25) is 0 Å². The highest BCUT2D eigenvalue weighted by atomic mass is 35.5. The highest BCUT2D eigenvalue weighted by Crippen LogP contribution is 2.57. The Balaban J connectivity index is 2.16. The van der Waals surface area contributed by atoms with Crippen LogP contribution in [0.15, 0.2) is 0 Å². The van der Waals surface area contributed by atoms with Gasteiger partial charge in [0, 0.05) is 5.92 Å². The van der Waals surface area contributed by atoms with E-state index in [0.29, 0.717) is 17.2 Å². The molecule has 0 bridgehead atoms. The Morgan fingerprint density at radius 3 is 2.62 bits per heavy atom. The predicted octanol–water partition coefficient (Wildman–Crippen LogP) is 2.62. The Labute approximate surface area is 82.9 Å². The van der Waals surface area contributed by atoms with E-state index in [1.54, 1.807) is 0 Å². The van der Waals surface area contributed by atoms with Gasteiger partial charge in [-0.15, -0.1) is 11.6 Å². The summed E-state index contributed by atoms with van der Waals surface area (Å²) in [5, 5.41) is 6.93. The molecule has 1 N–H and O–H groups in total. The van der Waals surface area contributed by atoms with Gasteiger partial charge < -0.3 is 0 Å². The molecule has 3 nitrogen and oxygen atoms in total. The molecule has 2 rings (SSSR count). The van der Waals surface area contributed by atoms with Crippen molar-refractivity contribution in [3.8, 4) is 0 Å². The number of H-pyrrole nitrogens is 1. The average Bonchev–Trinajstić information content (AvgIpc) is 2.50. The van der Waals surface area contributed by atoms with Crippen molar-refractivity contribution >= 4 is 11.6 Å². The first-order valence-electron chi connectivity index (χ1n) is 4.57. The van der Waals surface area contributed by atoms with Gasteiger partial charge in [-0.2, -0.15) is 5.10 Å². The van der Waals surface area contributed by atoms with E-state index in [1.165, 1.54) is 6.42 Å². The number of hydrogen-bond donors (Lipinski definition) is 1. The van der Waals surface area contributed by atoms with Gasteiger partial charge in [-0.1, -0.05) is 13.8 Å². The molecule has 2 unspecified atom stereocenters. The van der Waals surface area contributed by atoms with Crippen LogP contribution < -0.4 is 0 Å². The summed E-state index contributed by atoms with van der Waals surface area (Å²) in [7, 11) is 0. The lowest BCUT2D eigenvalue weighted by Gasteiger charge is -1.97. The molecule has 13 heavy (non-hydrogen) atoms. The van der Waals surface area contributed by atoms with E-state index in [9.17, 15) is 0 Å². The van der Waals surface area contributed by atoms with Gasteiger partial charge in [-0.3, -0.25) is 5.10 Å². The predicted molar refractivity (Wildman–Crippen MR) is 51.8 cm³/mol. The number of nitrogens with one attached hydrogen (secondary N) is 1. The van der Waals surface area contributed by atoms with Crippen LogP contribution in [0.3, 0.4) is 0 Å². The Hall–Kier alpha value is -0.570. The largest absolute Gasteiger partial charge is 0.263 e. The maximum Gasteiger partial charge on any atom is 0.168 e. The molecule has 0 saturated heterocycles. The van der Waals surface area contributed by atoms with Crippen molar-refractivity contribution < 1.29 is 0 Å². The fourth-order valence-corrected chi connectivity index (χ4v) is 1.65. The molecule has 4 heteroatoms. The molecule has 0 radical (unpaired) electrons. The van der Waals surface area contributed by atoms with Crippen LogP contribution in [0.4, 0.5) is 0 Å². The van der Waals surface area contributed by atoms with Gasteiger partial charge >= 0.3 is 0 Å². The van der Waals surface area contributed by atoms with Gasteiger partial charge in [0.05, 0.1) is 5.38 Å². The van der Waals surface area contributed by atoms with E-state index in [-0.39, 0.29) is 5.38 Å². The third-order valence-electron chi connectivity index (χ3n) is 2.72. The zero-order valence-corrected chi connectivity index (χ0v) is 8.89. The zero-order valence-electron chi connectivity index (χ0n) is 8.13. The first kappa shape index (κ1) is 9.00. The molecule has 72 valence electrons. The zero-order chi connectivity index (χ0) is 9.64. The monoisotopic (exact) mass is 199 g/mol. The summed E-state index contributed by atoms with van der Waals surface area (Å²) in [6.07, 6.45) is 1.19. The molecule has 0 aliphatic heterocycles. The van der Waals surface area contributed by atoms with Crippen LogP contribution in [0, 0.1) is 5.41 Å². The molecule has 2 atom stereocenters. The maximum absolute atomic E-state index is 5.87. The van der Waals surface area contributed by atoms with E-state index >= 15 is 0 Å². The van der Waals surface area contributed by atoms with E-state index < -0.39 is 0 Å². The molecule has 0 spiro atoms. The van der Waals surface area contributed by atoms with Crippen molar-refractivity contribution in [1.82, 2.24) is 15.2 Å². The first-order chi connectivity index (χ1) is 6.00. The fourth-order valence-electron chi connectivity index (χ4n) is 1.56. The second-order valence-electron chi connectivity index (χ2n) is 4.44. The molecule has 1 saturated carbocycles. The van der Waals surface area contributed by atoms with E-state index in [4.69, 9.17) is 11.6 Å². The lowest BCUT2D eigenvalue weighted by Crippen LogP contribution is -1.92. The number of aromatic amines is 1. The summed E-state index contributed by atoms with van der Waals surface area (Å²) in [4.78, 5) is 4.37. The number of hydrogen-bond acceptors (Lipinski definition) is 2. The van der Waals surface area contributed by atoms with E-state index in [2.05, 4.69) is 29.0 Å². The standard InChI is InChI=1S/C9H14ClN3/c1-5(10)7-11-8(13-12-7)6-4-9(6,2)3/h5-6H,4H2,1-3H3,(H,11,12,13). The topological polar surface area (TPSA) is 41.6 Å². The second-order valence-corrected chi connectivity index (χ2v) is 5.09. The van der Waals surface area contributed by atoms with Crippen LogP contribution in [0.5, 0.6) is 0 Å². The smallest absolute Gasteiger partial charge is 0.168 e. The summed E-state index contributed by atoms with van der Waals surface area (Å²) in [5.41, 5.74) is 0.395. The minimum atomic E-state index is -0.105. The maximum atomic E-state index is 5.87. The SMILES string of the molecule is CC(Cl)c1n[nH]c(C2CC2(C)C)n1. The van der Waals surface area contributed by atoms with Crippen molar-refractivity contribution in [2.45, 2.75) is 38.5 Å². The van der Waals surface area contributed by atoms with Crippen LogP contribution in [0.1, 0.15) is 50.1 Å². The van der Waals surface area contributed by atoms with Crippen LogP contribution in [0.2, 0.25) is 0 Å². The number of rotatable bonds is 2. The van der Waals surface area contributed by atoms with Gasteiger partial charge in [-0.25, -0.2) is 4.98 Å². The summed E-state index contributed by atoms with van der Waals surface area (Å²) in [6, 6.07) is 0. The lowest BCUT2D eigenvalue weighted by molar-refractivity contribution is 0.609. The van der Waals surface area contributed by atoms with Crippen molar-refractivity contribution in [3.05, 3.63) is 11.6 Å². The summed E-state index contributed by atoms with van der Waals surface area (Å²) in [6.45, 7) is 6.36. The molecule has 1 aliphatic rings. The Kier molecular flexibility index (Phi) is 1.88. The summed E-state index contributed by atoms with van der Waals surface area (Å²) >= 11 is 5.87. The molecular weight excluding hydrogens is 186 g/mol. The van der Waals surface area contributed by atoms with Gasteiger partial charge in [-0.05, 0) is 18.8 Å². The summed E-state index contributed by atoms with van der Waals surface area (Å²) in [5.74, 6) is 2.25. The number of nitrogens with zero attached hydrogens (tertiary/aromatic N) is 2. The van der Waals surface area contributed by atoms with Crippen molar-refractivity contribution in [2.75, 3.05) is 0 Å². The van der Waals surface area contributed by atoms with Crippen molar-refractivity contribution in [2.24, 2.45) is 5.41 Å². The molecule has 0 amide bonds. The number of halogens is 1. The van der Waals surface area contributed by atoms with Crippen LogP contribution in [0.25, 0.3) is 0 Å². The average molecular weight is 200 g/mol. The van der Waals surface area contributed by atoms with Crippen molar-refractivity contribution in [3.63, 3.8) is 0 Å². The Bertz CT molecular complexity index is 316. The fraction of sp³-hybridized carbons (Fsp3) is 0.778. The Morgan fingerprint density at radius 1 is 1.62 bits per heavy atom. The first-order valence-corrected chi connectivity index (χ1v) is 5.00. The molecule has 1 heterocycles.